The molecule has 2 fully saturated rings. The largest absolute Gasteiger partial charge is 0.393 e. The van der Waals surface area contributed by atoms with Crippen LogP contribution in [0.5, 0.6) is 0 Å². The first-order valence-corrected chi connectivity index (χ1v) is 11.2. The first-order valence-electron chi connectivity index (χ1n) is 11.2. The van der Waals surface area contributed by atoms with Crippen molar-refractivity contribution in [1.82, 2.24) is 9.99 Å². The molecule has 150 valence electrons. The van der Waals surface area contributed by atoms with Crippen molar-refractivity contribution in [3.05, 3.63) is 23.0 Å². The van der Waals surface area contributed by atoms with Crippen LogP contribution in [-0.4, -0.2) is 27.9 Å². The Morgan fingerprint density at radius 3 is 2.59 bits per heavy atom. The second-order valence-corrected chi connectivity index (χ2v) is 8.88. The third-order valence-corrected chi connectivity index (χ3v) is 6.92. The maximum Gasteiger partial charge on any atom is 0.211 e. The van der Waals surface area contributed by atoms with Crippen molar-refractivity contribution >= 4 is 5.96 Å². The fourth-order valence-corrected chi connectivity index (χ4v) is 5.03. The van der Waals surface area contributed by atoms with Gasteiger partial charge in [-0.25, -0.2) is 4.99 Å². The molecule has 0 bridgehead atoms. The Hall–Kier alpha value is -1.49. The normalized spacial score (nSPS) is 27.4. The lowest BCUT2D eigenvalue weighted by molar-refractivity contribution is 0.121. The molecular formula is C22H36N4O. The summed E-state index contributed by atoms with van der Waals surface area (Å²) in [5, 5.41) is 13.5. The van der Waals surface area contributed by atoms with Gasteiger partial charge in [0.1, 0.15) is 0 Å². The Morgan fingerprint density at radius 1 is 1.15 bits per heavy atom. The van der Waals surface area contributed by atoms with E-state index in [1.807, 2.05) is 0 Å². The van der Waals surface area contributed by atoms with Crippen LogP contribution < -0.4 is 10.7 Å². The first kappa shape index (κ1) is 18.9. The highest BCUT2D eigenvalue weighted by atomic mass is 16.3. The van der Waals surface area contributed by atoms with Crippen molar-refractivity contribution in [3.8, 4) is 0 Å². The summed E-state index contributed by atoms with van der Waals surface area (Å²) >= 11 is 0. The van der Waals surface area contributed by atoms with Gasteiger partial charge in [-0.3, -0.25) is 10.1 Å². The monoisotopic (exact) mass is 372 g/mol. The van der Waals surface area contributed by atoms with Crippen LogP contribution in [-0.2, 0) is 6.54 Å². The van der Waals surface area contributed by atoms with Crippen LogP contribution in [0.2, 0.25) is 0 Å². The van der Waals surface area contributed by atoms with Gasteiger partial charge in [-0.15, -0.1) is 0 Å². The van der Waals surface area contributed by atoms with Crippen LogP contribution >= 0.6 is 0 Å². The molecule has 27 heavy (non-hydrogen) atoms. The van der Waals surface area contributed by atoms with Gasteiger partial charge in [0, 0.05) is 17.7 Å². The lowest BCUT2D eigenvalue weighted by Gasteiger charge is -2.29. The molecule has 5 nitrogen and oxygen atoms in total. The van der Waals surface area contributed by atoms with Gasteiger partial charge in [0.05, 0.1) is 18.3 Å². The van der Waals surface area contributed by atoms with Crippen molar-refractivity contribution in [2.24, 2.45) is 4.99 Å². The van der Waals surface area contributed by atoms with Gasteiger partial charge in [0.15, 0.2) is 0 Å². The van der Waals surface area contributed by atoms with Crippen molar-refractivity contribution in [2.45, 2.75) is 109 Å². The predicted molar refractivity (Wildman–Crippen MR) is 111 cm³/mol. The summed E-state index contributed by atoms with van der Waals surface area (Å²) in [6, 6.07) is 2.90. The van der Waals surface area contributed by atoms with E-state index in [1.54, 1.807) is 0 Å². The number of aliphatic imine (C=N–C) groups is 1. The Morgan fingerprint density at radius 2 is 1.89 bits per heavy atom. The molecule has 2 saturated carbocycles. The van der Waals surface area contributed by atoms with Crippen molar-refractivity contribution in [2.75, 3.05) is 5.43 Å². The van der Waals surface area contributed by atoms with Gasteiger partial charge < -0.3 is 10.4 Å². The Kier molecular flexibility index (Phi) is 5.76. The molecule has 1 aliphatic heterocycles. The van der Waals surface area contributed by atoms with Crippen LogP contribution in [0.1, 0.15) is 107 Å². The summed E-state index contributed by atoms with van der Waals surface area (Å²) in [5.41, 5.74) is 7.91. The summed E-state index contributed by atoms with van der Waals surface area (Å²) in [5.74, 6) is 2.14. The molecule has 0 amide bonds. The van der Waals surface area contributed by atoms with Gasteiger partial charge in [-0.2, -0.15) is 0 Å². The van der Waals surface area contributed by atoms with E-state index >= 15 is 0 Å². The molecule has 2 heterocycles. The number of hydrogen-bond donors (Lipinski definition) is 3. The van der Waals surface area contributed by atoms with Crippen molar-refractivity contribution in [1.29, 1.82) is 0 Å². The van der Waals surface area contributed by atoms with E-state index in [2.05, 4.69) is 35.3 Å². The molecule has 1 unspecified atom stereocenters. The summed E-state index contributed by atoms with van der Waals surface area (Å²) < 4.78 is 2.35. The van der Waals surface area contributed by atoms with Gasteiger partial charge >= 0.3 is 0 Å². The standard InChI is InChI=1S/C22H36N4O/c1-3-15(2)24-22-23-14-21-19(16-7-5-4-6-8-16)13-20(26(21)25-22)17-9-11-18(27)12-10-17/h13,15-18,27H,3-12,14H2,1-2H3,(H2,23,24,25). The fraction of sp³-hybridized carbons (Fsp3) is 0.773. The molecule has 1 aromatic rings. The summed E-state index contributed by atoms with van der Waals surface area (Å²) in [6.45, 7) is 5.17. The molecule has 4 rings (SSSR count). The molecule has 0 radical (unpaired) electrons. The molecule has 3 aliphatic rings. The number of guanidine groups is 1. The molecule has 2 aliphatic carbocycles. The molecule has 0 spiro atoms. The molecule has 5 heteroatoms. The zero-order valence-corrected chi connectivity index (χ0v) is 17.0. The van der Waals surface area contributed by atoms with E-state index in [-0.39, 0.29) is 6.10 Å². The second kappa shape index (κ2) is 8.26. The van der Waals surface area contributed by atoms with Gasteiger partial charge in [0.25, 0.3) is 0 Å². The average molecular weight is 373 g/mol. The SMILES string of the molecule is CCC(C)NC1=NCc2c(C3CCCCC3)cc(C3CCC(O)CC3)n2N1. The maximum atomic E-state index is 9.94. The predicted octanol–water partition coefficient (Wildman–Crippen LogP) is 4.36. The first-order chi connectivity index (χ1) is 13.2. The van der Waals surface area contributed by atoms with E-state index < -0.39 is 0 Å². The van der Waals surface area contributed by atoms with E-state index in [0.29, 0.717) is 17.9 Å². The van der Waals surface area contributed by atoms with Gasteiger partial charge in [-0.1, -0.05) is 26.2 Å². The minimum Gasteiger partial charge on any atom is -0.393 e. The highest BCUT2D eigenvalue weighted by molar-refractivity contribution is 5.88. The summed E-state index contributed by atoms with van der Waals surface area (Å²) in [6.07, 6.45) is 11.7. The molecule has 0 saturated heterocycles. The Bertz CT molecular complexity index is 666. The lowest BCUT2D eigenvalue weighted by atomic mass is 9.82. The Labute approximate surface area is 163 Å². The van der Waals surface area contributed by atoms with Crippen LogP contribution in [0.3, 0.4) is 0 Å². The summed E-state index contributed by atoms with van der Waals surface area (Å²) in [7, 11) is 0. The number of nitrogens with one attached hydrogen (secondary N) is 2. The highest BCUT2D eigenvalue weighted by Gasteiger charge is 2.30. The van der Waals surface area contributed by atoms with Gasteiger partial charge in [0.2, 0.25) is 5.96 Å². The lowest BCUT2D eigenvalue weighted by Crippen LogP contribution is -2.44. The van der Waals surface area contributed by atoms with Crippen LogP contribution in [0.25, 0.3) is 0 Å². The third kappa shape index (κ3) is 4.03. The van der Waals surface area contributed by atoms with E-state index in [1.165, 1.54) is 49.1 Å². The number of hydrogen-bond acceptors (Lipinski definition) is 4. The van der Waals surface area contributed by atoms with Gasteiger partial charge in [-0.05, 0) is 69.4 Å². The molecule has 3 N–H and O–H groups in total. The fourth-order valence-electron chi connectivity index (χ4n) is 5.03. The minimum atomic E-state index is -0.105. The van der Waals surface area contributed by atoms with Crippen molar-refractivity contribution in [3.63, 3.8) is 0 Å². The highest BCUT2D eigenvalue weighted by Crippen LogP contribution is 2.40. The topological polar surface area (TPSA) is 61.6 Å². The smallest absolute Gasteiger partial charge is 0.211 e. The second-order valence-electron chi connectivity index (χ2n) is 8.88. The zero-order valence-electron chi connectivity index (χ0n) is 17.0. The number of rotatable bonds is 4. The van der Waals surface area contributed by atoms with Crippen LogP contribution in [0.4, 0.5) is 0 Å². The van der Waals surface area contributed by atoms with E-state index in [4.69, 9.17) is 4.99 Å². The third-order valence-electron chi connectivity index (χ3n) is 6.92. The number of nitrogens with zero attached hydrogens (tertiary/aromatic N) is 2. The average Bonchev–Trinajstić information content (AvgIpc) is 3.08. The van der Waals surface area contributed by atoms with Crippen molar-refractivity contribution < 1.29 is 5.11 Å². The molecule has 1 atom stereocenters. The van der Waals surface area contributed by atoms with Crippen LogP contribution in [0.15, 0.2) is 11.1 Å². The maximum absolute atomic E-state index is 9.94. The minimum absolute atomic E-state index is 0.105. The Balaban J connectivity index is 1.62. The van der Waals surface area contributed by atoms with E-state index in [9.17, 15) is 5.11 Å². The summed E-state index contributed by atoms with van der Waals surface area (Å²) in [4.78, 5) is 4.82. The number of fused-ring (bicyclic) bond motifs is 1. The number of aromatic nitrogens is 1. The quantitative estimate of drug-likeness (QED) is 0.736. The van der Waals surface area contributed by atoms with E-state index in [0.717, 1.165) is 44.6 Å². The molecule has 1 aromatic heterocycles. The number of aliphatic hydroxyl groups excluding tert-OH is 1. The molecular weight excluding hydrogens is 336 g/mol. The number of aliphatic hydroxyl groups is 1. The van der Waals surface area contributed by atoms with Crippen LogP contribution in [0, 0.1) is 0 Å². The zero-order chi connectivity index (χ0) is 18.8. The molecule has 0 aromatic carbocycles.